The first kappa shape index (κ1) is 10.5. The summed E-state index contributed by atoms with van der Waals surface area (Å²) >= 11 is 1.35. The lowest BCUT2D eigenvalue weighted by Gasteiger charge is -2.01. The van der Waals surface area contributed by atoms with E-state index in [0.717, 1.165) is 16.2 Å². The van der Waals surface area contributed by atoms with Gasteiger partial charge in [-0.25, -0.2) is 4.98 Å². The zero-order valence-electron chi connectivity index (χ0n) is 8.42. The highest BCUT2D eigenvalue weighted by Gasteiger charge is 2.09. The van der Waals surface area contributed by atoms with Crippen LogP contribution in [0.3, 0.4) is 0 Å². The van der Waals surface area contributed by atoms with Crippen molar-refractivity contribution in [3.8, 4) is 12.1 Å². The third-order valence-corrected chi connectivity index (χ3v) is 2.96. The molecule has 0 fully saturated rings. The Labute approximate surface area is 97.1 Å². The third-order valence-electron chi connectivity index (χ3n) is 2.11. The summed E-state index contributed by atoms with van der Waals surface area (Å²) in [6.45, 7) is 0.258. The molecule has 2 aromatic rings. The van der Waals surface area contributed by atoms with E-state index in [0.29, 0.717) is 5.75 Å². The summed E-state index contributed by atoms with van der Waals surface area (Å²) in [5.74, 6) is 0.342. The van der Waals surface area contributed by atoms with Crippen molar-refractivity contribution < 1.29 is 0 Å². The summed E-state index contributed by atoms with van der Waals surface area (Å²) in [4.78, 5) is 4.39. The normalized spacial score (nSPS) is 9.88. The van der Waals surface area contributed by atoms with Gasteiger partial charge in [0.25, 0.3) is 0 Å². The largest absolute Gasteiger partial charge is 0.305 e. The molecule has 0 aliphatic heterocycles. The maximum atomic E-state index is 8.77. The number of nitrogens with zero attached hydrogens (tertiary/aromatic N) is 4. The molecule has 4 nitrogen and oxygen atoms in total. The number of hydrogen-bond donors (Lipinski definition) is 0. The number of para-hydroxylation sites is 2. The summed E-state index contributed by atoms with van der Waals surface area (Å²) in [7, 11) is 0. The Morgan fingerprint density at radius 2 is 2.06 bits per heavy atom. The van der Waals surface area contributed by atoms with Crippen LogP contribution in [-0.2, 0) is 6.54 Å². The van der Waals surface area contributed by atoms with E-state index < -0.39 is 0 Å². The maximum Gasteiger partial charge on any atom is 0.170 e. The van der Waals surface area contributed by atoms with Crippen LogP contribution in [0.5, 0.6) is 0 Å². The van der Waals surface area contributed by atoms with Crippen molar-refractivity contribution in [2.75, 3.05) is 5.75 Å². The first-order chi connectivity index (χ1) is 7.86. The van der Waals surface area contributed by atoms with Gasteiger partial charge in [-0.1, -0.05) is 23.9 Å². The number of benzene rings is 1. The fourth-order valence-electron chi connectivity index (χ4n) is 1.48. The Hall–Kier alpha value is -1.98. The molecule has 0 atom stereocenters. The second-order valence-electron chi connectivity index (χ2n) is 3.07. The lowest BCUT2D eigenvalue weighted by molar-refractivity contribution is 0.756. The molecule has 0 saturated heterocycles. The predicted molar refractivity (Wildman–Crippen MR) is 61.7 cm³/mol. The molecule has 0 radical (unpaired) electrons. The minimum absolute atomic E-state index is 0.258. The van der Waals surface area contributed by atoms with E-state index in [1.54, 1.807) is 0 Å². The Kier molecular flexibility index (Phi) is 3.09. The van der Waals surface area contributed by atoms with E-state index in [2.05, 4.69) is 17.1 Å². The zero-order chi connectivity index (χ0) is 11.4. The number of imidazole rings is 1. The second kappa shape index (κ2) is 4.69. The molecule has 0 amide bonds. The molecule has 5 heteroatoms. The Morgan fingerprint density at radius 3 is 2.81 bits per heavy atom. The van der Waals surface area contributed by atoms with Crippen molar-refractivity contribution in [3.05, 3.63) is 24.3 Å². The molecule has 0 unspecified atom stereocenters. The van der Waals surface area contributed by atoms with Crippen LogP contribution in [0.2, 0.25) is 0 Å². The van der Waals surface area contributed by atoms with E-state index in [1.165, 1.54) is 11.8 Å². The second-order valence-corrected chi connectivity index (χ2v) is 4.02. The summed E-state index contributed by atoms with van der Waals surface area (Å²) in [6, 6.07) is 11.8. The van der Waals surface area contributed by atoms with Crippen LogP contribution in [0.1, 0.15) is 0 Å². The number of thioether (sulfide) groups is 1. The van der Waals surface area contributed by atoms with Crippen LogP contribution in [0.4, 0.5) is 0 Å². The lowest BCUT2D eigenvalue weighted by Crippen LogP contribution is -1.97. The van der Waals surface area contributed by atoms with Crippen molar-refractivity contribution in [3.63, 3.8) is 0 Å². The quantitative estimate of drug-likeness (QED) is 0.755. The Balaban J connectivity index is 2.51. The van der Waals surface area contributed by atoms with Crippen LogP contribution < -0.4 is 0 Å². The van der Waals surface area contributed by atoms with E-state index in [-0.39, 0.29) is 6.54 Å². The van der Waals surface area contributed by atoms with Gasteiger partial charge in [-0.3, -0.25) is 0 Å². The van der Waals surface area contributed by atoms with Crippen molar-refractivity contribution in [1.82, 2.24) is 9.55 Å². The molecule has 1 heterocycles. The lowest BCUT2D eigenvalue weighted by atomic mass is 10.3. The molecule has 2 rings (SSSR count). The maximum absolute atomic E-state index is 8.77. The number of fused-ring (bicyclic) bond motifs is 1. The number of rotatable bonds is 3. The highest BCUT2D eigenvalue weighted by molar-refractivity contribution is 7.99. The van der Waals surface area contributed by atoms with E-state index in [1.807, 2.05) is 28.8 Å². The average Bonchev–Trinajstić information content (AvgIpc) is 2.66. The summed E-state index contributed by atoms with van der Waals surface area (Å²) in [5.41, 5.74) is 1.79. The molecule has 1 aromatic carbocycles. The Bertz CT molecular complexity index is 588. The molecule has 1 aromatic heterocycles. The summed E-state index contributed by atoms with van der Waals surface area (Å²) in [5, 5.41) is 18.1. The smallest absolute Gasteiger partial charge is 0.170 e. The zero-order valence-corrected chi connectivity index (χ0v) is 9.24. The van der Waals surface area contributed by atoms with Gasteiger partial charge in [-0.05, 0) is 12.1 Å². The van der Waals surface area contributed by atoms with Gasteiger partial charge in [0.2, 0.25) is 0 Å². The number of aromatic nitrogens is 2. The fourth-order valence-corrected chi connectivity index (χ4v) is 2.16. The van der Waals surface area contributed by atoms with Gasteiger partial charge in [-0.2, -0.15) is 10.5 Å². The van der Waals surface area contributed by atoms with E-state index in [4.69, 9.17) is 10.5 Å². The van der Waals surface area contributed by atoms with Crippen LogP contribution >= 0.6 is 11.8 Å². The highest BCUT2D eigenvalue weighted by Crippen LogP contribution is 2.23. The minimum Gasteiger partial charge on any atom is -0.305 e. The molecular formula is C11H8N4S. The number of hydrogen-bond acceptors (Lipinski definition) is 4. The van der Waals surface area contributed by atoms with Gasteiger partial charge < -0.3 is 4.57 Å². The molecule has 0 saturated carbocycles. The van der Waals surface area contributed by atoms with Crippen molar-refractivity contribution >= 4 is 22.8 Å². The van der Waals surface area contributed by atoms with Crippen LogP contribution in [0.15, 0.2) is 29.4 Å². The van der Waals surface area contributed by atoms with Gasteiger partial charge in [0.05, 0.1) is 28.9 Å². The molecule has 16 heavy (non-hydrogen) atoms. The third kappa shape index (κ3) is 1.86. The van der Waals surface area contributed by atoms with Gasteiger partial charge in [0.1, 0.15) is 6.54 Å². The Morgan fingerprint density at radius 1 is 1.25 bits per heavy atom. The molecule has 0 N–H and O–H groups in total. The van der Waals surface area contributed by atoms with E-state index in [9.17, 15) is 0 Å². The standard InChI is InChI=1S/C11H8N4S/c12-5-7-15-10-4-2-1-3-9(10)14-11(15)16-8-6-13/h1-4H,7-8H2. The molecule has 0 bridgehead atoms. The summed E-state index contributed by atoms with van der Waals surface area (Å²) in [6.07, 6.45) is 0. The highest BCUT2D eigenvalue weighted by atomic mass is 32.2. The predicted octanol–water partition coefficient (Wildman–Crippen LogP) is 2.18. The number of nitriles is 2. The van der Waals surface area contributed by atoms with Crippen LogP contribution in [0, 0.1) is 22.7 Å². The molecular weight excluding hydrogens is 220 g/mol. The summed E-state index contributed by atoms with van der Waals surface area (Å²) < 4.78 is 1.83. The average molecular weight is 228 g/mol. The van der Waals surface area contributed by atoms with E-state index >= 15 is 0 Å². The van der Waals surface area contributed by atoms with Gasteiger partial charge in [0.15, 0.2) is 5.16 Å². The fraction of sp³-hybridized carbons (Fsp3) is 0.182. The van der Waals surface area contributed by atoms with Crippen LogP contribution in [-0.4, -0.2) is 15.3 Å². The van der Waals surface area contributed by atoms with Gasteiger partial charge in [0, 0.05) is 0 Å². The minimum atomic E-state index is 0.258. The first-order valence-electron chi connectivity index (χ1n) is 4.69. The monoisotopic (exact) mass is 228 g/mol. The van der Waals surface area contributed by atoms with Crippen molar-refractivity contribution in [2.24, 2.45) is 0 Å². The SMILES string of the molecule is N#CCSc1nc2ccccc2n1CC#N. The van der Waals surface area contributed by atoms with Gasteiger partial charge >= 0.3 is 0 Å². The molecule has 78 valence electrons. The topological polar surface area (TPSA) is 65.4 Å². The van der Waals surface area contributed by atoms with Crippen molar-refractivity contribution in [2.45, 2.75) is 11.7 Å². The first-order valence-corrected chi connectivity index (χ1v) is 5.67. The van der Waals surface area contributed by atoms with Crippen LogP contribution in [0.25, 0.3) is 11.0 Å². The van der Waals surface area contributed by atoms with Crippen molar-refractivity contribution in [1.29, 1.82) is 10.5 Å². The van der Waals surface area contributed by atoms with Gasteiger partial charge in [-0.15, -0.1) is 0 Å². The molecule has 0 spiro atoms. The molecule has 0 aliphatic carbocycles. The molecule has 0 aliphatic rings.